The molecule has 1 saturated heterocycles. The highest BCUT2D eigenvalue weighted by Crippen LogP contribution is 2.33. The summed E-state index contributed by atoms with van der Waals surface area (Å²) < 4.78 is 5.78. The predicted molar refractivity (Wildman–Crippen MR) is 104 cm³/mol. The number of carbonyl (C=O) groups excluding carboxylic acids is 1. The first-order valence-corrected chi connectivity index (χ1v) is 9.24. The molecule has 0 aromatic carbocycles. The Morgan fingerprint density at radius 2 is 2.07 bits per heavy atom. The molecule has 1 fully saturated rings. The molecule has 7 nitrogen and oxygen atoms in total. The number of allylic oxidation sites excluding steroid dienone is 3. The van der Waals surface area contributed by atoms with E-state index in [4.69, 9.17) is 10.3 Å². The van der Waals surface area contributed by atoms with E-state index in [2.05, 4.69) is 16.7 Å². The fourth-order valence-electron chi connectivity index (χ4n) is 3.31. The van der Waals surface area contributed by atoms with E-state index < -0.39 is 0 Å². The molecule has 1 amide bonds. The van der Waals surface area contributed by atoms with Crippen LogP contribution in [0.15, 0.2) is 53.6 Å². The summed E-state index contributed by atoms with van der Waals surface area (Å²) in [7, 11) is 0. The van der Waals surface area contributed by atoms with Crippen LogP contribution in [0.4, 0.5) is 5.82 Å². The molecule has 0 atom stereocenters. The first-order chi connectivity index (χ1) is 13.1. The fraction of sp³-hybridized carbons (Fsp3) is 0.400. The molecule has 27 heavy (non-hydrogen) atoms. The van der Waals surface area contributed by atoms with Crippen molar-refractivity contribution >= 4 is 11.7 Å². The van der Waals surface area contributed by atoms with Crippen molar-refractivity contribution in [1.82, 2.24) is 9.88 Å². The van der Waals surface area contributed by atoms with Gasteiger partial charge in [0.15, 0.2) is 11.6 Å². The maximum atomic E-state index is 12.7. The number of hydrogen-bond acceptors (Lipinski definition) is 6. The lowest BCUT2D eigenvalue weighted by Gasteiger charge is -2.31. The van der Waals surface area contributed by atoms with Gasteiger partial charge in [0.2, 0.25) is 0 Å². The topological polar surface area (TPSA) is 81.9 Å². The van der Waals surface area contributed by atoms with Gasteiger partial charge in [-0.2, -0.15) is 5.11 Å². The lowest BCUT2D eigenvalue weighted by Crippen LogP contribution is -2.36. The van der Waals surface area contributed by atoms with Gasteiger partial charge in [-0.25, -0.2) is 10.5 Å². The Labute approximate surface area is 159 Å². The van der Waals surface area contributed by atoms with Crippen molar-refractivity contribution in [1.29, 1.82) is 5.53 Å². The summed E-state index contributed by atoms with van der Waals surface area (Å²) in [6.07, 6.45) is 10.4. The Morgan fingerprint density at radius 3 is 2.78 bits per heavy atom. The molecule has 3 heterocycles. The zero-order valence-corrected chi connectivity index (χ0v) is 15.6. The fourth-order valence-corrected chi connectivity index (χ4v) is 3.31. The van der Waals surface area contributed by atoms with Gasteiger partial charge in [-0.05, 0) is 44.4 Å². The Kier molecular flexibility index (Phi) is 6.01. The van der Waals surface area contributed by atoms with Gasteiger partial charge < -0.3 is 14.5 Å². The summed E-state index contributed by atoms with van der Waals surface area (Å²) in [6.45, 7) is 8.37. The van der Waals surface area contributed by atoms with Gasteiger partial charge in [0.05, 0.1) is 17.8 Å². The minimum Gasteiger partial charge on any atom is -0.488 e. The second-order valence-corrected chi connectivity index (χ2v) is 6.55. The molecule has 1 N–H and O–H groups in total. The van der Waals surface area contributed by atoms with Crippen molar-refractivity contribution in [3.8, 4) is 5.75 Å². The third-order valence-corrected chi connectivity index (χ3v) is 4.75. The van der Waals surface area contributed by atoms with E-state index in [0.29, 0.717) is 36.0 Å². The van der Waals surface area contributed by atoms with Crippen molar-refractivity contribution in [3.63, 3.8) is 0 Å². The Balaban J connectivity index is 1.84. The Bertz CT molecular complexity index is 794. The number of anilines is 1. The molecule has 142 valence electrons. The van der Waals surface area contributed by atoms with Crippen LogP contribution in [0.3, 0.4) is 0 Å². The minimum absolute atomic E-state index is 0.0187. The lowest BCUT2D eigenvalue weighted by atomic mass is 10.1. The molecule has 0 spiro atoms. The summed E-state index contributed by atoms with van der Waals surface area (Å²) in [5.41, 5.74) is 8.84. The number of piperidine rings is 1. The van der Waals surface area contributed by atoms with Crippen LogP contribution in [-0.2, 0) is 0 Å². The number of carbonyl (C=O) groups is 1. The largest absolute Gasteiger partial charge is 0.488 e. The zero-order valence-electron chi connectivity index (χ0n) is 15.6. The van der Waals surface area contributed by atoms with E-state index >= 15 is 0 Å². The van der Waals surface area contributed by atoms with E-state index in [1.807, 2.05) is 28.9 Å². The quantitative estimate of drug-likeness (QED) is 0.632. The van der Waals surface area contributed by atoms with Crippen LogP contribution in [0.5, 0.6) is 5.75 Å². The van der Waals surface area contributed by atoms with Gasteiger partial charge in [0.25, 0.3) is 5.91 Å². The van der Waals surface area contributed by atoms with E-state index in [-0.39, 0.29) is 5.91 Å². The normalized spacial score (nSPS) is 17.4. The summed E-state index contributed by atoms with van der Waals surface area (Å²) >= 11 is 0. The summed E-state index contributed by atoms with van der Waals surface area (Å²) in [6, 6.07) is 1.79. The third kappa shape index (κ3) is 4.24. The highest BCUT2D eigenvalue weighted by Gasteiger charge is 2.25. The molecule has 1 aromatic rings. The lowest BCUT2D eigenvalue weighted by molar-refractivity contribution is 0.0723. The maximum absolute atomic E-state index is 12.7. The number of nitrogens with zero attached hydrogens (tertiary/aromatic N) is 4. The third-order valence-electron chi connectivity index (χ3n) is 4.75. The molecule has 0 aliphatic carbocycles. The molecular formula is C20H25N5O2. The Hall–Kier alpha value is -2.96. The number of ether oxygens (including phenoxy) is 1. The second kappa shape index (κ2) is 8.62. The van der Waals surface area contributed by atoms with Gasteiger partial charge >= 0.3 is 0 Å². The van der Waals surface area contributed by atoms with Crippen molar-refractivity contribution in [3.05, 3.63) is 54.0 Å². The van der Waals surface area contributed by atoms with Crippen LogP contribution in [0.25, 0.3) is 0 Å². The molecule has 2 aliphatic heterocycles. The van der Waals surface area contributed by atoms with Crippen LogP contribution in [0, 0.1) is 5.53 Å². The van der Waals surface area contributed by atoms with Crippen molar-refractivity contribution in [2.24, 2.45) is 5.11 Å². The summed E-state index contributed by atoms with van der Waals surface area (Å²) in [5, 5.41) is 3.30. The van der Waals surface area contributed by atoms with Crippen LogP contribution < -0.4 is 9.64 Å². The first-order valence-electron chi connectivity index (χ1n) is 9.24. The zero-order chi connectivity index (χ0) is 19.2. The predicted octanol–water partition coefficient (Wildman–Crippen LogP) is 3.91. The average molecular weight is 367 g/mol. The molecule has 0 unspecified atom stereocenters. The van der Waals surface area contributed by atoms with Crippen LogP contribution >= 0.6 is 0 Å². The number of fused-ring (bicyclic) bond motifs is 1. The van der Waals surface area contributed by atoms with E-state index in [1.54, 1.807) is 18.3 Å². The monoisotopic (exact) mass is 367 g/mol. The molecule has 2 aliphatic rings. The minimum atomic E-state index is 0.0187. The maximum Gasteiger partial charge on any atom is 0.255 e. The molecule has 0 radical (unpaired) electrons. The number of nitrogens with one attached hydrogen (secondary N) is 1. The highest BCUT2D eigenvalue weighted by atomic mass is 16.5. The van der Waals surface area contributed by atoms with Crippen molar-refractivity contribution < 1.29 is 9.53 Å². The van der Waals surface area contributed by atoms with Gasteiger partial charge in [0.1, 0.15) is 6.61 Å². The van der Waals surface area contributed by atoms with Gasteiger partial charge in [0, 0.05) is 25.0 Å². The van der Waals surface area contributed by atoms with Crippen molar-refractivity contribution in [2.75, 3.05) is 31.1 Å². The molecular weight excluding hydrogens is 342 g/mol. The molecule has 1 aromatic heterocycles. The number of aromatic nitrogens is 1. The van der Waals surface area contributed by atoms with Crippen LogP contribution in [-0.4, -0.2) is 42.0 Å². The number of likely N-dealkylation sites (tertiary alicyclic amines) is 1. The number of pyridine rings is 1. The van der Waals surface area contributed by atoms with Gasteiger partial charge in [-0.3, -0.25) is 4.79 Å². The number of rotatable bonds is 5. The van der Waals surface area contributed by atoms with E-state index in [0.717, 1.165) is 31.6 Å². The SMILES string of the molecule is C=C(/C=C\C(=C/C)N1CCOc2cc(C(=O)N3CCCCC3)cnc21)N=N. The van der Waals surface area contributed by atoms with Gasteiger partial charge in [-0.1, -0.05) is 12.7 Å². The Morgan fingerprint density at radius 1 is 1.30 bits per heavy atom. The number of amides is 1. The molecule has 0 saturated carbocycles. The summed E-state index contributed by atoms with van der Waals surface area (Å²) in [5.74, 6) is 1.31. The van der Waals surface area contributed by atoms with Crippen molar-refractivity contribution in [2.45, 2.75) is 26.2 Å². The van der Waals surface area contributed by atoms with Crippen LogP contribution in [0.2, 0.25) is 0 Å². The summed E-state index contributed by atoms with van der Waals surface area (Å²) in [4.78, 5) is 21.2. The first kappa shape index (κ1) is 18.8. The van der Waals surface area contributed by atoms with Crippen LogP contribution in [0.1, 0.15) is 36.5 Å². The van der Waals surface area contributed by atoms with E-state index in [9.17, 15) is 4.79 Å². The highest BCUT2D eigenvalue weighted by molar-refractivity contribution is 5.95. The standard InChI is InChI=1S/C20H25N5O2/c1-3-17(8-7-15(2)23-21)25-11-12-27-18-13-16(14-22-19(18)25)20(26)24-9-5-4-6-10-24/h3,7-8,13-14,21H,2,4-6,9-12H2,1H3/b8-7-,17-3+,23-21?. The molecule has 0 bridgehead atoms. The van der Waals surface area contributed by atoms with E-state index in [1.165, 1.54) is 6.42 Å². The second-order valence-electron chi connectivity index (χ2n) is 6.55. The molecule has 3 rings (SSSR count). The van der Waals surface area contributed by atoms with Gasteiger partial charge in [-0.15, -0.1) is 0 Å². The molecule has 7 heteroatoms. The smallest absolute Gasteiger partial charge is 0.255 e. The average Bonchev–Trinajstić information content (AvgIpc) is 2.73. The number of hydrogen-bond donors (Lipinski definition) is 1.